The summed E-state index contributed by atoms with van der Waals surface area (Å²) in [6.45, 7) is 4.12. The van der Waals surface area contributed by atoms with E-state index in [1.807, 2.05) is 0 Å². The van der Waals surface area contributed by atoms with Crippen LogP contribution in [0.2, 0.25) is 0 Å². The number of aryl methyl sites for hydroxylation is 1. The van der Waals surface area contributed by atoms with Crippen molar-refractivity contribution in [1.82, 2.24) is 9.55 Å². The number of anilines is 1. The predicted octanol–water partition coefficient (Wildman–Crippen LogP) is 0.166. The van der Waals surface area contributed by atoms with Gasteiger partial charge in [-0.2, -0.15) is 0 Å². The Hall–Kier alpha value is -1.05. The summed E-state index contributed by atoms with van der Waals surface area (Å²) in [5.74, 6) is 0.560. The fraction of sp³-hybridized carbons (Fsp3) is 0.562. The van der Waals surface area contributed by atoms with E-state index < -0.39 is 9.84 Å². The maximum atomic E-state index is 11.8. The van der Waals surface area contributed by atoms with E-state index in [9.17, 15) is 8.42 Å². The Morgan fingerprint density at radius 2 is 2.04 bits per heavy atom. The lowest BCUT2D eigenvalue weighted by molar-refractivity contribution is -0.00000735. The van der Waals surface area contributed by atoms with Crippen molar-refractivity contribution in [2.24, 2.45) is 0 Å². The van der Waals surface area contributed by atoms with Crippen LogP contribution in [0.25, 0.3) is 11.3 Å². The SMILES string of the molecule is Cc1cc(-c2csc(NC3CC3)n2)c(C)n1C1CCS(=O)(=O)C1.[Cl-]. The third kappa shape index (κ3) is 3.34. The smallest absolute Gasteiger partial charge is 0.183 e. The summed E-state index contributed by atoms with van der Waals surface area (Å²) in [5, 5.41) is 6.50. The van der Waals surface area contributed by atoms with Crippen LogP contribution in [-0.4, -0.2) is 35.5 Å². The fourth-order valence-corrected chi connectivity index (χ4v) is 5.93. The van der Waals surface area contributed by atoms with E-state index in [0.29, 0.717) is 18.2 Å². The Labute approximate surface area is 152 Å². The van der Waals surface area contributed by atoms with Gasteiger partial charge in [-0.3, -0.25) is 0 Å². The second kappa shape index (κ2) is 6.35. The first-order valence-corrected chi connectivity index (χ1v) is 10.7. The van der Waals surface area contributed by atoms with E-state index in [0.717, 1.165) is 27.8 Å². The quantitative estimate of drug-likeness (QED) is 0.813. The lowest BCUT2D eigenvalue weighted by Crippen LogP contribution is -3.00. The monoisotopic (exact) mass is 386 g/mol. The summed E-state index contributed by atoms with van der Waals surface area (Å²) in [6.07, 6.45) is 3.18. The van der Waals surface area contributed by atoms with Crippen LogP contribution >= 0.6 is 11.3 Å². The molecule has 1 atom stereocenters. The molecule has 132 valence electrons. The van der Waals surface area contributed by atoms with Crippen LogP contribution in [0.4, 0.5) is 5.13 Å². The van der Waals surface area contributed by atoms with E-state index in [1.165, 1.54) is 12.8 Å². The van der Waals surface area contributed by atoms with E-state index in [1.54, 1.807) is 11.3 Å². The maximum absolute atomic E-state index is 11.8. The highest BCUT2D eigenvalue weighted by Crippen LogP contribution is 2.35. The van der Waals surface area contributed by atoms with E-state index in [4.69, 9.17) is 4.98 Å². The van der Waals surface area contributed by atoms with Crippen LogP contribution in [0.1, 0.15) is 36.7 Å². The van der Waals surface area contributed by atoms with Gasteiger partial charge in [0.05, 0.1) is 17.2 Å². The molecule has 2 aromatic rings. The third-order valence-corrected chi connectivity index (χ3v) is 7.27. The summed E-state index contributed by atoms with van der Waals surface area (Å²) < 4.78 is 25.8. The summed E-state index contributed by atoms with van der Waals surface area (Å²) in [5.41, 5.74) is 4.34. The zero-order valence-electron chi connectivity index (χ0n) is 13.8. The van der Waals surface area contributed by atoms with Crippen LogP contribution in [0.5, 0.6) is 0 Å². The average molecular weight is 387 g/mol. The van der Waals surface area contributed by atoms with Crippen LogP contribution in [0, 0.1) is 13.8 Å². The summed E-state index contributed by atoms with van der Waals surface area (Å²) in [4.78, 5) is 4.71. The Bertz CT molecular complexity index is 853. The van der Waals surface area contributed by atoms with Gasteiger partial charge in [-0.25, -0.2) is 13.4 Å². The molecule has 24 heavy (non-hydrogen) atoms. The summed E-state index contributed by atoms with van der Waals surface area (Å²) in [7, 11) is -2.88. The molecule has 0 bridgehead atoms. The number of thiazole rings is 1. The van der Waals surface area contributed by atoms with Gasteiger partial charge in [0.1, 0.15) is 0 Å². The number of rotatable bonds is 4. The van der Waals surface area contributed by atoms with Crippen molar-refractivity contribution < 1.29 is 20.8 Å². The number of aromatic nitrogens is 2. The molecule has 0 spiro atoms. The van der Waals surface area contributed by atoms with Gasteiger partial charge < -0.3 is 22.3 Å². The molecule has 1 unspecified atom stereocenters. The number of nitrogens with zero attached hydrogens (tertiary/aromatic N) is 2. The van der Waals surface area contributed by atoms with Crippen molar-refractivity contribution >= 4 is 26.3 Å². The summed E-state index contributed by atoms with van der Waals surface area (Å²) >= 11 is 1.64. The van der Waals surface area contributed by atoms with Gasteiger partial charge in [0, 0.05) is 34.4 Å². The van der Waals surface area contributed by atoms with E-state index in [-0.39, 0.29) is 24.2 Å². The van der Waals surface area contributed by atoms with Gasteiger partial charge in [-0.05, 0) is 39.2 Å². The van der Waals surface area contributed by atoms with Crippen LogP contribution in [0.3, 0.4) is 0 Å². The zero-order valence-corrected chi connectivity index (χ0v) is 16.1. The molecule has 4 rings (SSSR count). The fourth-order valence-electron chi connectivity index (χ4n) is 3.44. The first-order chi connectivity index (χ1) is 10.9. The third-order valence-electron chi connectivity index (χ3n) is 4.74. The van der Waals surface area contributed by atoms with Crippen molar-refractivity contribution in [3.8, 4) is 11.3 Å². The van der Waals surface area contributed by atoms with Gasteiger partial charge in [-0.15, -0.1) is 11.3 Å². The standard InChI is InChI=1S/C16H21N3O2S2.ClH/c1-10-7-14(15-8-22-16(18-15)17-12-3-4-12)11(2)19(10)13-5-6-23(20,21)9-13;/h7-8,12-13H,3-6,9H2,1-2H3,(H,17,18);1H/p-1. The van der Waals surface area contributed by atoms with Gasteiger partial charge in [0.2, 0.25) is 0 Å². The molecule has 2 aliphatic rings. The minimum absolute atomic E-state index is 0. The molecule has 0 aromatic carbocycles. The molecule has 1 N–H and O–H groups in total. The molecule has 2 aromatic heterocycles. The maximum Gasteiger partial charge on any atom is 0.183 e. The molecule has 0 amide bonds. The first-order valence-electron chi connectivity index (χ1n) is 8.04. The van der Waals surface area contributed by atoms with E-state index >= 15 is 0 Å². The van der Waals surface area contributed by atoms with Crippen LogP contribution in [0.15, 0.2) is 11.4 Å². The van der Waals surface area contributed by atoms with Crippen molar-refractivity contribution in [3.63, 3.8) is 0 Å². The Kier molecular flexibility index (Phi) is 4.70. The molecule has 1 saturated carbocycles. The van der Waals surface area contributed by atoms with E-state index in [2.05, 4.69) is 35.2 Å². The molecule has 0 radical (unpaired) electrons. The largest absolute Gasteiger partial charge is 1.00 e. The highest BCUT2D eigenvalue weighted by atomic mass is 35.5. The van der Waals surface area contributed by atoms with Gasteiger partial charge in [0.15, 0.2) is 15.0 Å². The van der Waals surface area contributed by atoms with Gasteiger partial charge >= 0.3 is 0 Å². The number of hydrogen-bond donors (Lipinski definition) is 1. The van der Waals surface area contributed by atoms with Gasteiger partial charge in [0.25, 0.3) is 0 Å². The zero-order chi connectivity index (χ0) is 16.2. The lowest BCUT2D eigenvalue weighted by Gasteiger charge is -2.16. The normalized spacial score (nSPS) is 22.3. The molecule has 8 heteroatoms. The number of halogens is 1. The molecule has 5 nitrogen and oxygen atoms in total. The highest BCUT2D eigenvalue weighted by molar-refractivity contribution is 7.91. The van der Waals surface area contributed by atoms with Crippen molar-refractivity contribution in [2.45, 2.75) is 45.2 Å². The van der Waals surface area contributed by atoms with Crippen molar-refractivity contribution in [3.05, 3.63) is 22.8 Å². The summed E-state index contributed by atoms with van der Waals surface area (Å²) in [6, 6.07) is 2.80. The topological polar surface area (TPSA) is 64.0 Å². The first kappa shape index (κ1) is 17.8. The predicted molar refractivity (Wildman–Crippen MR) is 94.0 cm³/mol. The molecule has 3 heterocycles. The Balaban J connectivity index is 0.00000169. The molecule has 1 aliphatic heterocycles. The number of hydrogen-bond acceptors (Lipinski definition) is 5. The van der Waals surface area contributed by atoms with Crippen LogP contribution < -0.4 is 17.7 Å². The molecule has 1 aliphatic carbocycles. The van der Waals surface area contributed by atoms with Crippen molar-refractivity contribution in [1.29, 1.82) is 0 Å². The minimum atomic E-state index is -2.88. The van der Waals surface area contributed by atoms with Gasteiger partial charge in [-0.1, -0.05) is 0 Å². The molecule has 1 saturated heterocycles. The van der Waals surface area contributed by atoms with Crippen molar-refractivity contribution in [2.75, 3.05) is 16.8 Å². The second-order valence-electron chi connectivity index (χ2n) is 6.67. The number of sulfone groups is 1. The van der Waals surface area contributed by atoms with Crippen LogP contribution in [-0.2, 0) is 9.84 Å². The highest BCUT2D eigenvalue weighted by Gasteiger charge is 2.31. The molecular formula is C16H21ClN3O2S2-. The average Bonchev–Trinajstić information content (AvgIpc) is 2.91. The molecular weight excluding hydrogens is 366 g/mol. The Morgan fingerprint density at radius 3 is 2.67 bits per heavy atom. The lowest BCUT2D eigenvalue weighted by atomic mass is 10.2. The Morgan fingerprint density at radius 1 is 1.29 bits per heavy atom. The number of nitrogens with one attached hydrogen (secondary N) is 1. The minimum Gasteiger partial charge on any atom is -1.00 e. The molecule has 2 fully saturated rings. The second-order valence-corrected chi connectivity index (χ2v) is 9.76.